The van der Waals surface area contributed by atoms with Crippen LogP contribution in [0.1, 0.15) is 31.4 Å². The number of halogens is 1. The molecule has 118 valence electrons. The van der Waals surface area contributed by atoms with Crippen LogP contribution in [0.5, 0.6) is 0 Å². The van der Waals surface area contributed by atoms with E-state index in [2.05, 4.69) is 24.9 Å². The van der Waals surface area contributed by atoms with Crippen molar-refractivity contribution < 1.29 is 5.11 Å². The number of aryl methyl sites for hydroxylation is 1. The Labute approximate surface area is 141 Å². The highest BCUT2D eigenvalue weighted by molar-refractivity contribution is 7.99. The van der Waals surface area contributed by atoms with E-state index >= 15 is 0 Å². The van der Waals surface area contributed by atoms with E-state index in [9.17, 15) is 5.11 Å². The van der Waals surface area contributed by atoms with Crippen molar-refractivity contribution in [3.63, 3.8) is 0 Å². The summed E-state index contributed by atoms with van der Waals surface area (Å²) >= 11 is 7.72. The largest absolute Gasteiger partial charge is 0.384 e. The van der Waals surface area contributed by atoms with E-state index in [1.165, 1.54) is 0 Å². The lowest BCUT2D eigenvalue weighted by Crippen LogP contribution is -2.36. The van der Waals surface area contributed by atoms with Crippen LogP contribution in [0.15, 0.2) is 47.6 Å². The molecular weight excluding hydrogens is 314 g/mol. The molecule has 2 atom stereocenters. The molecule has 0 spiro atoms. The van der Waals surface area contributed by atoms with E-state index in [-0.39, 0.29) is 5.92 Å². The highest BCUT2D eigenvalue weighted by Gasteiger charge is 2.35. The first kappa shape index (κ1) is 17.3. The summed E-state index contributed by atoms with van der Waals surface area (Å²) in [4.78, 5) is 5.28. The van der Waals surface area contributed by atoms with Crippen molar-refractivity contribution in [1.29, 1.82) is 0 Å². The molecule has 0 bridgehead atoms. The molecule has 0 amide bonds. The molecule has 1 aromatic carbocycles. The van der Waals surface area contributed by atoms with Gasteiger partial charge in [0, 0.05) is 33.6 Å². The van der Waals surface area contributed by atoms with E-state index in [0.29, 0.717) is 5.75 Å². The fraction of sp³-hybridized carbons (Fsp3) is 0.389. The second-order valence-corrected chi connectivity index (χ2v) is 7.13. The van der Waals surface area contributed by atoms with Gasteiger partial charge in [-0.25, -0.2) is 0 Å². The number of hydrogen-bond acceptors (Lipinski definition) is 3. The summed E-state index contributed by atoms with van der Waals surface area (Å²) in [6, 6.07) is 9.80. The third-order valence-electron chi connectivity index (χ3n) is 4.18. The Bertz CT molecular complexity index is 620. The first-order valence-corrected chi connectivity index (χ1v) is 8.85. The zero-order chi connectivity index (χ0) is 16.2. The van der Waals surface area contributed by atoms with Gasteiger partial charge in [-0.05, 0) is 42.7 Å². The van der Waals surface area contributed by atoms with Gasteiger partial charge in [0.25, 0.3) is 0 Å². The van der Waals surface area contributed by atoms with Crippen molar-refractivity contribution in [3.8, 4) is 0 Å². The maximum absolute atomic E-state index is 11.2. The SMILES string of the molecule is CCC(C)C(O)(CSc1ccc(Cl)c(C)c1)c1cccnc1. The van der Waals surface area contributed by atoms with Gasteiger partial charge in [-0.2, -0.15) is 0 Å². The van der Waals surface area contributed by atoms with Gasteiger partial charge >= 0.3 is 0 Å². The molecule has 0 saturated carbocycles. The van der Waals surface area contributed by atoms with Gasteiger partial charge < -0.3 is 5.11 Å². The Morgan fingerprint density at radius 1 is 1.36 bits per heavy atom. The number of benzene rings is 1. The van der Waals surface area contributed by atoms with Gasteiger partial charge in [-0.3, -0.25) is 4.98 Å². The Balaban J connectivity index is 2.22. The summed E-state index contributed by atoms with van der Waals surface area (Å²) in [5.41, 5.74) is 1.05. The molecule has 2 rings (SSSR count). The molecule has 2 nitrogen and oxygen atoms in total. The molecule has 0 aliphatic heterocycles. The van der Waals surface area contributed by atoms with Crippen LogP contribution in [-0.4, -0.2) is 15.8 Å². The Morgan fingerprint density at radius 3 is 2.73 bits per heavy atom. The van der Waals surface area contributed by atoms with Crippen molar-refractivity contribution in [2.24, 2.45) is 5.92 Å². The first-order chi connectivity index (χ1) is 10.5. The fourth-order valence-corrected chi connectivity index (χ4v) is 3.75. The molecule has 1 aromatic heterocycles. The van der Waals surface area contributed by atoms with Crippen molar-refractivity contribution in [1.82, 2.24) is 4.98 Å². The number of pyridine rings is 1. The minimum absolute atomic E-state index is 0.151. The molecule has 1 heterocycles. The van der Waals surface area contributed by atoms with Crippen LogP contribution in [0.25, 0.3) is 0 Å². The van der Waals surface area contributed by atoms with Gasteiger partial charge in [-0.15, -0.1) is 11.8 Å². The number of hydrogen-bond donors (Lipinski definition) is 1. The van der Waals surface area contributed by atoms with Crippen LogP contribution in [0.2, 0.25) is 5.02 Å². The smallest absolute Gasteiger partial charge is 0.103 e. The average molecular weight is 336 g/mol. The summed E-state index contributed by atoms with van der Waals surface area (Å²) in [6.45, 7) is 6.18. The second kappa shape index (κ2) is 7.49. The molecule has 0 fully saturated rings. The van der Waals surface area contributed by atoms with Crippen LogP contribution < -0.4 is 0 Å². The molecule has 2 aromatic rings. The lowest BCUT2D eigenvalue weighted by atomic mass is 9.83. The molecule has 0 radical (unpaired) electrons. The summed E-state index contributed by atoms with van der Waals surface area (Å²) in [5.74, 6) is 0.743. The van der Waals surface area contributed by atoms with Crippen LogP contribution in [-0.2, 0) is 5.60 Å². The number of rotatable bonds is 6. The van der Waals surface area contributed by atoms with Crippen molar-refractivity contribution in [3.05, 3.63) is 58.9 Å². The highest BCUT2D eigenvalue weighted by atomic mass is 35.5. The van der Waals surface area contributed by atoms with Crippen LogP contribution in [0.3, 0.4) is 0 Å². The van der Waals surface area contributed by atoms with Crippen molar-refractivity contribution in [2.75, 3.05) is 5.75 Å². The minimum Gasteiger partial charge on any atom is -0.384 e. The van der Waals surface area contributed by atoms with Gasteiger partial charge in [0.1, 0.15) is 5.60 Å². The van der Waals surface area contributed by atoms with Gasteiger partial charge in [0.2, 0.25) is 0 Å². The van der Waals surface area contributed by atoms with Gasteiger partial charge in [0.15, 0.2) is 0 Å². The van der Waals surface area contributed by atoms with Crippen molar-refractivity contribution in [2.45, 2.75) is 37.7 Å². The highest BCUT2D eigenvalue weighted by Crippen LogP contribution is 2.37. The molecular formula is C18H22ClNOS. The molecule has 0 aliphatic rings. The lowest BCUT2D eigenvalue weighted by Gasteiger charge is -2.34. The van der Waals surface area contributed by atoms with E-state index in [0.717, 1.165) is 27.5 Å². The zero-order valence-electron chi connectivity index (χ0n) is 13.2. The summed E-state index contributed by atoms with van der Waals surface area (Å²) < 4.78 is 0. The van der Waals surface area contributed by atoms with Crippen molar-refractivity contribution >= 4 is 23.4 Å². The van der Waals surface area contributed by atoms with Crippen LogP contribution in [0.4, 0.5) is 0 Å². The average Bonchev–Trinajstić information content (AvgIpc) is 2.55. The molecule has 0 saturated heterocycles. The molecule has 0 aliphatic carbocycles. The van der Waals surface area contributed by atoms with E-state index in [4.69, 9.17) is 11.6 Å². The summed E-state index contributed by atoms with van der Waals surface area (Å²) in [6.07, 6.45) is 4.40. The number of aliphatic hydroxyl groups is 1. The first-order valence-electron chi connectivity index (χ1n) is 7.49. The Hall–Kier alpha value is -1.03. The quantitative estimate of drug-likeness (QED) is 0.748. The second-order valence-electron chi connectivity index (χ2n) is 5.67. The zero-order valence-corrected chi connectivity index (χ0v) is 14.8. The number of aromatic nitrogens is 1. The van der Waals surface area contributed by atoms with Gasteiger partial charge in [0.05, 0.1) is 0 Å². The summed E-state index contributed by atoms with van der Waals surface area (Å²) in [5, 5.41) is 12.0. The molecule has 4 heteroatoms. The minimum atomic E-state index is -0.888. The lowest BCUT2D eigenvalue weighted by molar-refractivity contribution is 0.00473. The van der Waals surface area contributed by atoms with E-state index in [1.807, 2.05) is 31.2 Å². The predicted octanol–water partition coefficient (Wildman–Crippen LogP) is 5.07. The third kappa shape index (κ3) is 3.83. The van der Waals surface area contributed by atoms with E-state index in [1.54, 1.807) is 24.2 Å². The third-order valence-corrected chi connectivity index (χ3v) is 5.77. The maximum Gasteiger partial charge on any atom is 0.103 e. The molecule has 1 N–H and O–H groups in total. The fourth-order valence-electron chi connectivity index (χ4n) is 2.37. The summed E-state index contributed by atoms with van der Waals surface area (Å²) in [7, 11) is 0. The van der Waals surface area contributed by atoms with Crippen LogP contribution in [0, 0.1) is 12.8 Å². The Morgan fingerprint density at radius 2 is 2.14 bits per heavy atom. The normalized spacial score (nSPS) is 15.3. The number of nitrogens with zero attached hydrogens (tertiary/aromatic N) is 1. The van der Waals surface area contributed by atoms with Crippen LogP contribution >= 0.6 is 23.4 Å². The predicted molar refractivity (Wildman–Crippen MR) is 94.5 cm³/mol. The Kier molecular flexibility index (Phi) is 5.90. The number of thioether (sulfide) groups is 1. The standard InChI is InChI=1S/C18H22ClNOS/c1-4-14(3)18(21,15-6-5-9-20-11-15)12-22-16-7-8-17(19)13(2)10-16/h5-11,14,21H,4,12H2,1-3H3. The van der Waals surface area contributed by atoms with Gasteiger partial charge in [-0.1, -0.05) is 37.9 Å². The molecule has 22 heavy (non-hydrogen) atoms. The topological polar surface area (TPSA) is 33.1 Å². The van der Waals surface area contributed by atoms with E-state index < -0.39 is 5.60 Å². The maximum atomic E-state index is 11.2. The molecule has 2 unspecified atom stereocenters. The monoisotopic (exact) mass is 335 g/mol.